The molecule has 0 saturated heterocycles. The van der Waals surface area contributed by atoms with Crippen LogP contribution in [-0.4, -0.2) is 28.4 Å². The zero-order chi connectivity index (χ0) is 22.1. The number of benzene rings is 2. The van der Waals surface area contributed by atoms with Gasteiger partial charge in [0.15, 0.2) is 5.82 Å². The minimum absolute atomic E-state index is 0.0118. The fourth-order valence-electron chi connectivity index (χ4n) is 2.45. The van der Waals surface area contributed by atoms with Crippen LogP contribution in [0.2, 0.25) is 0 Å². The molecule has 11 heteroatoms. The highest BCUT2D eigenvalue weighted by atomic mass is 35.5. The molecule has 0 saturated carbocycles. The first-order valence-electron chi connectivity index (χ1n) is 8.22. The summed E-state index contributed by atoms with van der Waals surface area (Å²) >= 11 is 6.15. The van der Waals surface area contributed by atoms with Gasteiger partial charge in [-0.3, -0.25) is 4.79 Å². The van der Waals surface area contributed by atoms with Gasteiger partial charge >= 0.3 is 12.3 Å². The van der Waals surface area contributed by atoms with Gasteiger partial charge in [-0.2, -0.15) is 22.0 Å². The second-order valence-electron chi connectivity index (χ2n) is 6.06. The summed E-state index contributed by atoms with van der Waals surface area (Å²) in [6.45, 7) is 0. The SMILES string of the molecule is O=c1[nH]c(/C(Cl)=C\c2ccc(OC(F)(F)[C@@H](F)C(F)(F)F)cc2)nc2ccccc12. The maximum absolute atomic E-state index is 13.3. The topological polar surface area (TPSA) is 55.0 Å². The highest BCUT2D eigenvalue weighted by Gasteiger charge is 2.59. The first-order chi connectivity index (χ1) is 14.0. The van der Waals surface area contributed by atoms with Crippen LogP contribution in [-0.2, 0) is 0 Å². The molecule has 158 valence electrons. The molecule has 30 heavy (non-hydrogen) atoms. The Balaban J connectivity index is 1.81. The van der Waals surface area contributed by atoms with E-state index in [4.69, 9.17) is 11.6 Å². The van der Waals surface area contributed by atoms with E-state index in [1.807, 2.05) is 0 Å². The van der Waals surface area contributed by atoms with Crippen LogP contribution in [0.4, 0.5) is 26.3 Å². The largest absolute Gasteiger partial charge is 0.439 e. The number of aromatic nitrogens is 2. The van der Waals surface area contributed by atoms with E-state index in [9.17, 15) is 31.1 Å². The molecule has 0 aliphatic heterocycles. The summed E-state index contributed by atoms with van der Waals surface area (Å²) in [5, 5.41) is 0.371. The number of rotatable bonds is 5. The van der Waals surface area contributed by atoms with E-state index in [1.54, 1.807) is 24.3 Å². The number of H-pyrrole nitrogens is 1. The molecule has 1 heterocycles. The van der Waals surface area contributed by atoms with Gasteiger partial charge in [0, 0.05) is 0 Å². The molecule has 0 bridgehead atoms. The molecule has 0 spiro atoms. The average Bonchev–Trinajstić information content (AvgIpc) is 2.68. The molecule has 3 aromatic rings. The van der Waals surface area contributed by atoms with Gasteiger partial charge in [0.25, 0.3) is 11.7 Å². The third kappa shape index (κ3) is 4.76. The third-order valence-electron chi connectivity index (χ3n) is 3.85. The summed E-state index contributed by atoms with van der Waals surface area (Å²) in [5.74, 6) is -0.630. The number of nitrogens with zero attached hydrogens (tertiary/aromatic N) is 1. The number of alkyl halides is 6. The van der Waals surface area contributed by atoms with Crippen molar-refractivity contribution in [2.75, 3.05) is 0 Å². The third-order valence-corrected chi connectivity index (χ3v) is 4.14. The summed E-state index contributed by atoms with van der Waals surface area (Å²) in [7, 11) is 0. The van der Waals surface area contributed by atoms with Crippen molar-refractivity contribution in [2.24, 2.45) is 0 Å². The van der Waals surface area contributed by atoms with Crippen molar-refractivity contribution in [3.05, 3.63) is 70.3 Å². The molecule has 0 amide bonds. The van der Waals surface area contributed by atoms with Crippen molar-refractivity contribution in [1.82, 2.24) is 9.97 Å². The molecule has 0 aliphatic rings. The molecule has 1 aromatic heterocycles. The molecule has 2 aromatic carbocycles. The molecule has 0 aliphatic carbocycles. The molecule has 4 nitrogen and oxygen atoms in total. The highest BCUT2D eigenvalue weighted by Crippen LogP contribution is 2.36. The van der Waals surface area contributed by atoms with E-state index in [1.165, 1.54) is 18.2 Å². The van der Waals surface area contributed by atoms with Crippen molar-refractivity contribution in [1.29, 1.82) is 0 Å². The van der Waals surface area contributed by atoms with Crippen molar-refractivity contribution in [2.45, 2.75) is 18.5 Å². The fraction of sp³-hybridized carbons (Fsp3) is 0.158. The molecule has 3 rings (SSSR count). The molecule has 0 unspecified atom stereocenters. The van der Waals surface area contributed by atoms with Gasteiger partial charge in [0.1, 0.15) is 5.75 Å². The normalized spacial score (nSPS) is 14.0. The number of halogens is 7. The van der Waals surface area contributed by atoms with E-state index >= 15 is 0 Å². The maximum Gasteiger partial charge on any atom is 0.439 e. The smallest absolute Gasteiger partial charge is 0.430 e. The monoisotopic (exact) mass is 448 g/mol. The fourth-order valence-corrected chi connectivity index (χ4v) is 2.66. The van der Waals surface area contributed by atoms with Gasteiger partial charge in [-0.05, 0) is 35.9 Å². The summed E-state index contributed by atoms with van der Waals surface area (Å²) < 4.78 is 79.8. The minimum Gasteiger partial charge on any atom is -0.430 e. The number of fused-ring (bicyclic) bond motifs is 1. The van der Waals surface area contributed by atoms with E-state index in [0.29, 0.717) is 16.5 Å². The van der Waals surface area contributed by atoms with Crippen LogP contribution in [0.25, 0.3) is 22.0 Å². The van der Waals surface area contributed by atoms with Gasteiger partial charge in [-0.25, -0.2) is 9.37 Å². The van der Waals surface area contributed by atoms with Gasteiger partial charge in [-0.1, -0.05) is 35.9 Å². The predicted octanol–water partition coefficient (Wildman–Crippen LogP) is 5.53. The number of nitrogens with one attached hydrogen (secondary N) is 1. The Hall–Kier alpha value is -3.01. The second-order valence-corrected chi connectivity index (χ2v) is 6.47. The number of hydrogen-bond donors (Lipinski definition) is 1. The van der Waals surface area contributed by atoms with Crippen LogP contribution in [0.15, 0.2) is 53.3 Å². The van der Waals surface area contributed by atoms with E-state index < -0.39 is 29.8 Å². The Morgan fingerprint density at radius 3 is 2.33 bits per heavy atom. The maximum atomic E-state index is 13.3. The lowest BCUT2D eigenvalue weighted by atomic mass is 10.2. The lowest BCUT2D eigenvalue weighted by molar-refractivity contribution is -0.304. The molecule has 1 N–H and O–H groups in total. The minimum atomic E-state index is -5.77. The number of para-hydroxylation sites is 1. The Morgan fingerprint density at radius 1 is 1.07 bits per heavy atom. The summed E-state index contributed by atoms with van der Waals surface area (Å²) in [5.41, 5.74) is 0.317. The lowest BCUT2D eigenvalue weighted by Crippen LogP contribution is -2.45. The standard InChI is InChI=1S/C19H11ClF6N2O2/c20-13(15-27-14-4-2-1-3-12(14)16(29)28-15)9-10-5-7-11(8-6-10)30-19(25,26)17(21)18(22,23)24/h1-9,17H,(H,27,28,29)/b13-9+/t17-/m0/s1. The van der Waals surface area contributed by atoms with Crippen LogP contribution in [0.1, 0.15) is 11.4 Å². The Morgan fingerprint density at radius 2 is 1.70 bits per heavy atom. The summed E-state index contributed by atoms with van der Waals surface area (Å²) in [6.07, 6.45) is -14.0. The van der Waals surface area contributed by atoms with Crippen LogP contribution < -0.4 is 10.3 Å². The van der Waals surface area contributed by atoms with Gasteiger partial charge in [-0.15, -0.1) is 0 Å². The van der Waals surface area contributed by atoms with E-state index in [-0.39, 0.29) is 10.9 Å². The number of ether oxygens (including phenoxy) is 1. The van der Waals surface area contributed by atoms with Gasteiger partial charge in [0.05, 0.1) is 15.9 Å². The van der Waals surface area contributed by atoms with Crippen molar-refractivity contribution in [3.8, 4) is 5.75 Å². The molecule has 1 atom stereocenters. The molecule has 0 radical (unpaired) electrons. The lowest BCUT2D eigenvalue weighted by Gasteiger charge is -2.23. The van der Waals surface area contributed by atoms with Gasteiger partial charge in [0.2, 0.25) is 0 Å². The Kier molecular flexibility index (Phi) is 5.80. The molecular formula is C19H11ClF6N2O2. The van der Waals surface area contributed by atoms with Crippen LogP contribution in [0, 0.1) is 0 Å². The first kappa shape index (κ1) is 21.7. The number of aromatic amines is 1. The number of hydrogen-bond acceptors (Lipinski definition) is 3. The van der Waals surface area contributed by atoms with Crippen LogP contribution in [0.3, 0.4) is 0 Å². The summed E-state index contributed by atoms with van der Waals surface area (Å²) in [4.78, 5) is 18.8. The van der Waals surface area contributed by atoms with Crippen molar-refractivity contribution in [3.63, 3.8) is 0 Å². The zero-order valence-corrected chi connectivity index (χ0v) is 15.4. The summed E-state index contributed by atoms with van der Waals surface area (Å²) in [6, 6.07) is 10.8. The van der Waals surface area contributed by atoms with Crippen LogP contribution in [0.5, 0.6) is 5.75 Å². The van der Waals surface area contributed by atoms with E-state index in [2.05, 4.69) is 14.7 Å². The highest BCUT2D eigenvalue weighted by molar-refractivity contribution is 6.50. The van der Waals surface area contributed by atoms with Crippen LogP contribution >= 0.6 is 11.6 Å². The van der Waals surface area contributed by atoms with E-state index in [0.717, 1.165) is 12.1 Å². The Bertz CT molecular complexity index is 1140. The zero-order valence-electron chi connectivity index (χ0n) is 14.7. The predicted molar refractivity (Wildman–Crippen MR) is 99.1 cm³/mol. The molecule has 0 fully saturated rings. The molecular weight excluding hydrogens is 438 g/mol. The van der Waals surface area contributed by atoms with Gasteiger partial charge < -0.3 is 9.72 Å². The van der Waals surface area contributed by atoms with Crippen molar-refractivity contribution < 1.29 is 31.1 Å². The quantitative estimate of drug-likeness (QED) is 0.522. The second kappa shape index (κ2) is 8.02. The first-order valence-corrected chi connectivity index (χ1v) is 8.59. The van der Waals surface area contributed by atoms with Crippen molar-refractivity contribution >= 4 is 33.6 Å². The Labute approximate surface area is 169 Å². The average molecular weight is 449 g/mol.